The van der Waals surface area contributed by atoms with Gasteiger partial charge in [-0.3, -0.25) is 4.79 Å². The lowest BCUT2D eigenvalue weighted by molar-refractivity contribution is -0.688. The van der Waals surface area contributed by atoms with Gasteiger partial charge in [0.2, 0.25) is 0 Å². The molecule has 0 radical (unpaired) electrons. The topological polar surface area (TPSA) is 54.1 Å². The van der Waals surface area contributed by atoms with Gasteiger partial charge in [-0.25, -0.2) is 9.55 Å². The highest BCUT2D eigenvalue weighted by Gasteiger charge is 2.09. The number of carboxylic acid groups (broad SMARTS) is 1. The summed E-state index contributed by atoms with van der Waals surface area (Å²) in [6, 6.07) is 14.2. The van der Waals surface area contributed by atoms with Crippen molar-refractivity contribution in [1.29, 1.82) is 0 Å². The molecule has 3 aromatic rings. The molecule has 0 saturated heterocycles. The van der Waals surface area contributed by atoms with Crippen LogP contribution in [0, 0.1) is 0 Å². The largest absolute Gasteiger partial charge is 1.00 e. The zero-order valence-corrected chi connectivity index (χ0v) is 13.8. The molecule has 0 unspecified atom stereocenters. The zero-order valence-electron chi connectivity index (χ0n) is 12.2. The van der Waals surface area contributed by atoms with Gasteiger partial charge >= 0.3 is 5.97 Å². The molecule has 6 heteroatoms. The van der Waals surface area contributed by atoms with Crippen LogP contribution in [0.25, 0.3) is 10.6 Å². The Bertz CT molecular complexity index is 790. The van der Waals surface area contributed by atoms with Gasteiger partial charge in [-0.15, -0.1) is 11.3 Å². The molecular formula is C17H15ClN2O2S. The second-order valence-electron chi connectivity index (χ2n) is 4.96. The van der Waals surface area contributed by atoms with Crippen LogP contribution >= 0.6 is 11.3 Å². The highest BCUT2D eigenvalue weighted by Crippen LogP contribution is 2.24. The number of rotatable bonds is 5. The number of aliphatic carboxylic acids is 1. The number of thiazole rings is 1. The summed E-state index contributed by atoms with van der Waals surface area (Å²) in [6.07, 6.45) is 4.03. The fourth-order valence-electron chi connectivity index (χ4n) is 2.23. The molecule has 0 aliphatic carbocycles. The average molecular weight is 347 g/mol. The van der Waals surface area contributed by atoms with Gasteiger partial charge in [-0.1, -0.05) is 24.3 Å². The first-order valence-corrected chi connectivity index (χ1v) is 7.78. The quantitative estimate of drug-likeness (QED) is 0.650. The molecule has 0 fully saturated rings. The first-order valence-electron chi connectivity index (χ1n) is 6.90. The van der Waals surface area contributed by atoms with Crippen molar-refractivity contribution in [3.63, 3.8) is 0 Å². The number of hydrogen-bond acceptors (Lipinski definition) is 3. The Morgan fingerprint density at radius 1 is 1.17 bits per heavy atom. The molecule has 2 aromatic heterocycles. The number of pyridine rings is 1. The Balaban J connectivity index is 0.00000192. The minimum absolute atomic E-state index is 0. The summed E-state index contributed by atoms with van der Waals surface area (Å²) in [7, 11) is 0. The number of hydrogen-bond donors (Lipinski definition) is 1. The lowest BCUT2D eigenvalue weighted by Gasteiger charge is -2.01. The summed E-state index contributed by atoms with van der Waals surface area (Å²) in [5.74, 6) is -0.855. The maximum absolute atomic E-state index is 10.7. The van der Waals surface area contributed by atoms with Crippen LogP contribution in [-0.2, 0) is 17.8 Å². The van der Waals surface area contributed by atoms with Crippen molar-refractivity contribution in [2.45, 2.75) is 13.0 Å². The Hall–Kier alpha value is -2.24. The van der Waals surface area contributed by atoms with E-state index < -0.39 is 5.97 Å². The number of halogens is 1. The fourth-order valence-corrected chi connectivity index (χ4v) is 3.05. The Morgan fingerprint density at radius 3 is 2.70 bits per heavy atom. The molecule has 0 aliphatic rings. The van der Waals surface area contributed by atoms with E-state index in [4.69, 9.17) is 5.11 Å². The SMILES string of the molecule is O=C(O)Cc1csc(-c2cccc(C[n+]3ccccc3)c2)n1.[Cl-]. The third-order valence-corrected chi connectivity index (χ3v) is 4.14. The summed E-state index contributed by atoms with van der Waals surface area (Å²) in [6.45, 7) is 0.794. The molecule has 0 aliphatic heterocycles. The van der Waals surface area contributed by atoms with Crippen LogP contribution in [0.1, 0.15) is 11.3 Å². The van der Waals surface area contributed by atoms with Gasteiger partial charge in [0.05, 0.1) is 12.1 Å². The molecule has 118 valence electrons. The van der Waals surface area contributed by atoms with E-state index in [9.17, 15) is 4.79 Å². The van der Waals surface area contributed by atoms with Crippen LogP contribution in [0.5, 0.6) is 0 Å². The van der Waals surface area contributed by atoms with Crippen LogP contribution in [0.4, 0.5) is 0 Å². The van der Waals surface area contributed by atoms with Gasteiger partial charge in [0.15, 0.2) is 18.9 Å². The maximum atomic E-state index is 10.7. The Kier molecular flexibility index (Phi) is 5.84. The first kappa shape index (κ1) is 17.1. The molecular weight excluding hydrogens is 332 g/mol. The number of aromatic nitrogens is 2. The van der Waals surface area contributed by atoms with E-state index in [1.54, 1.807) is 0 Å². The van der Waals surface area contributed by atoms with Crippen molar-refractivity contribution >= 4 is 17.3 Å². The standard InChI is InChI=1S/C17H14N2O2S.ClH/c20-16(21)10-15-12-22-17(18-15)14-6-4-5-13(9-14)11-19-7-2-1-3-8-19;/h1-9,12H,10-11H2;1H. The van der Waals surface area contributed by atoms with Crippen molar-refractivity contribution in [3.8, 4) is 10.6 Å². The molecule has 0 bridgehead atoms. The summed E-state index contributed by atoms with van der Waals surface area (Å²) < 4.78 is 2.11. The van der Waals surface area contributed by atoms with E-state index in [2.05, 4.69) is 21.7 Å². The predicted octanol–water partition coefficient (Wildman–Crippen LogP) is -0.223. The molecule has 0 atom stereocenters. The highest BCUT2D eigenvalue weighted by atomic mass is 35.5. The van der Waals surface area contributed by atoms with Crippen molar-refractivity contribution < 1.29 is 26.9 Å². The lowest BCUT2D eigenvalue weighted by atomic mass is 10.1. The highest BCUT2D eigenvalue weighted by molar-refractivity contribution is 7.13. The van der Waals surface area contributed by atoms with Crippen LogP contribution in [0.15, 0.2) is 60.2 Å². The van der Waals surface area contributed by atoms with Crippen molar-refractivity contribution in [3.05, 3.63) is 71.5 Å². The van der Waals surface area contributed by atoms with E-state index in [0.717, 1.165) is 17.1 Å². The van der Waals surface area contributed by atoms with E-state index in [0.29, 0.717) is 5.69 Å². The third-order valence-electron chi connectivity index (χ3n) is 3.20. The summed E-state index contributed by atoms with van der Waals surface area (Å²) >= 11 is 1.48. The molecule has 0 spiro atoms. The lowest BCUT2D eigenvalue weighted by Crippen LogP contribution is -3.00. The molecule has 23 heavy (non-hydrogen) atoms. The van der Waals surface area contributed by atoms with Crippen LogP contribution in [0.2, 0.25) is 0 Å². The van der Waals surface area contributed by atoms with Gasteiger partial charge < -0.3 is 17.5 Å². The summed E-state index contributed by atoms with van der Waals surface area (Å²) in [5, 5.41) is 11.5. The number of carboxylic acids is 1. The smallest absolute Gasteiger partial charge is 0.309 e. The Labute approximate surface area is 144 Å². The van der Waals surface area contributed by atoms with E-state index in [1.165, 1.54) is 16.9 Å². The van der Waals surface area contributed by atoms with Crippen molar-refractivity contribution in [2.24, 2.45) is 0 Å². The first-order chi connectivity index (χ1) is 10.7. The normalized spacial score (nSPS) is 10.1. The van der Waals surface area contributed by atoms with E-state index >= 15 is 0 Å². The molecule has 4 nitrogen and oxygen atoms in total. The van der Waals surface area contributed by atoms with Gasteiger partial charge in [-0.05, 0) is 6.07 Å². The Morgan fingerprint density at radius 2 is 1.96 bits per heavy atom. The minimum Gasteiger partial charge on any atom is -1.00 e. The second-order valence-corrected chi connectivity index (χ2v) is 5.82. The number of carbonyl (C=O) groups is 1. The third kappa shape index (κ3) is 4.61. The van der Waals surface area contributed by atoms with Crippen LogP contribution < -0.4 is 17.0 Å². The molecule has 1 N–H and O–H groups in total. The van der Waals surface area contributed by atoms with Crippen LogP contribution in [0.3, 0.4) is 0 Å². The average Bonchev–Trinajstić information content (AvgIpc) is 2.96. The van der Waals surface area contributed by atoms with E-state index in [-0.39, 0.29) is 18.8 Å². The minimum atomic E-state index is -0.855. The predicted molar refractivity (Wildman–Crippen MR) is 84.6 cm³/mol. The monoisotopic (exact) mass is 346 g/mol. The van der Waals surface area contributed by atoms with Crippen LogP contribution in [-0.4, -0.2) is 16.1 Å². The van der Waals surface area contributed by atoms with E-state index in [1.807, 2.05) is 48.1 Å². The van der Waals surface area contributed by atoms with Gasteiger partial charge in [0, 0.05) is 28.6 Å². The maximum Gasteiger partial charge on any atom is 0.309 e. The van der Waals surface area contributed by atoms with Crippen molar-refractivity contribution in [1.82, 2.24) is 4.98 Å². The van der Waals surface area contributed by atoms with Crippen molar-refractivity contribution in [2.75, 3.05) is 0 Å². The molecule has 3 rings (SSSR count). The van der Waals surface area contributed by atoms with Gasteiger partial charge in [0.25, 0.3) is 0 Å². The summed E-state index contributed by atoms with van der Waals surface area (Å²) in [5.41, 5.74) is 2.81. The second kappa shape index (κ2) is 7.85. The number of nitrogens with zero attached hydrogens (tertiary/aromatic N) is 2. The molecule has 0 saturated carbocycles. The zero-order chi connectivity index (χ0) is 15.4. The molecule has 2 heterocycles. The molecule has 0 amide bonds. The van der Waals surface area contributed by atoms with Gasteiger partial charge in [0.1, 0.15) is 5.01 Å². The summed E-state index contributed by atoms with van der Waals surface area (Å²) in [4.78, 5) is 15.1. The van der Waals surface area contributed by atoms with Gasteiger partial charge in [-0.2, -0.15) is 0 Å². The number of benzene rings is 1. The fraction of sp³-hybridized carbons (Fsp3) is 0.118. The molecule has 1 aromatic carbocycles.